The fourth-order valence-corrected chi connectivity index (χ4v) is 3.75. The Bertz CT molecular complexity index is 353. The van der Waals surface area contributed by atoms with Crippen LogP contribution >= 0.6 is 0 Å². The number of hydrogen-bond donors (Lipinski definition) is 1. The van der Waals surface area contributed by atoms with Crippen LogP contribution in [0.15, 0.2) is 0 Å². The molecule has 0 aliphatic heterocycles. The molecule has 0 bridgehead atoms. The van der Waals surface area contributed by atoms with E-state index in [1.807, 2.05) is 0 Å². The maximum Gasteiger partial charge on any atom is 0.303 e. The van der Waals surface area contributed by atoms with Crippen LogP contribution in [0.4, 0.5) is 0 Å². The molecule has 0 aromatic heterocycles. The van der Waals surface area contributed by atoms with Gasteiger partial charge < -0.3 is 41.0 Å². The van der Waals surface area contributed by atoms with Crippen LogP contribution in [0.5, 0.6) is 0 Å². The van der Waals surface area contributed by atoms with Crippen molar-refractivity contribution in [2.24, 2.45) is 0 Å². The van der Waals surface area contributed by atoms with Crippen LogP contribution in [0.25, 0.3) is 10.6 Å². The van der Waals surface area contributed by atoms with E-state index in [9.17, 15) is 4.79 Å². The standard InChI is InChI=1S/C22H44N2O2S2.Tc/c1-2-3-4-5-7-10-13-20(23-16-18-27)21(24-17-19-28)14-11-8-6-9-12-15-22(25)26;/h20-21,27-28H,2-19H2,1H3,(H,25,26);/q-2;/p-2/i;1+1. The van der Waals surface area contributed by atoms with Gasteiger partial charge in [-0.05, 0) is 6.42 Å². The molecule has 0 rings (SSSR count). The van der Waals surface area contributed by atoms with Crippen molar-refractivity contribution in [1.82, 2.24) is 0 Å². The molecule has 0 heterocycles. The van der Waals surface area contributed by atoms with Crippen molar-refractivity contribution >= 4 is 31.2 Å². The smallest absolute Gasteiger partial charge is 0.303 e. The maximum atomic E-state index is 10.6. The molecule has 0 fully saturated rings. The van der Waals surface area contributed by atoms with Crippen LogP contribution in [0, 0.1) is 0 Å². The zero-order valence-electron chi connectivity index (χ0n) is 18.3. The van der Waals surface area contributed by atoms with Crippen LogP contribution in [-0.2, 0) is 50.2 Å². The minimum absolute atomic E-state index is 0. The first-order valence-corrected chi connectivity index (χ1v) is 12.5. The van der Waals surface area contributed by atoms with Gasteiger partial charge in [-0.25, -0.2) is 0 Å². The summed E-state index contributed by atoms with van der Waals surface area (Å²) in [5.74, 6) is 0.671. The summed E-state index contributed by atoms with van der Waals surface area (Å²) < 4.78 is 0. The van der Waals surface area contributed by atoms with Crippen LogP contribution < -0.4 is 0 Å². The van der Waals surface area contributed by atoms with Gasteiger partial charge in [-0.3, -0.25) is 4.79 Å². The molecule has 0 aromatic rings. The molecule has 29 heavy (non-hydrogen) atoms. The molecule has 0 saturated carbocycles. The zero-order valence-corrected chi connectivity index (χ0v) is 21.8. The van der Waals surface area contributed by atoms with Gasteiger partial charge in [0, 0.05) is 26.5 Å². The fourth-order valence-electron chi connectivity index (χ4n) is 3.54. The molecule has 0 amide bonds. The van der Waals surface area contributed by atoms with Gasteiger partial charge >= 0.3 is 5.97 Å². The molecule has 0 saturated heterocycles. The number of hydrogen-bond acceptors (Lipinski definition) is 3. The quantitative estimate of drug-likeness (QED) is 0.135. The Labute approximate surface area is 204 Å². The molecule has 4 nitrogen and oxygen atoms in total. The second kappa shape index (κ2) is 25.0. The van der Waals surface area contributed by atoms with E-state index < -0.39 is 5.97 Å². The van der Waals surface area contributed by atoms with Crippen LogP contribution in [0.2, 0.25) is 0 Å². The van der Waals surface area contributed by atoms with Gasteiger partial charge in [0.1, 0.15) is 0 Å². The van der Waals surface area contributed by atoms with E-state index in [-0.39, 0.29) is 32.6 Å². The number of rotatable bonds is 22. The third-order valence-electron chi connectivity index (χ3n) is 5.10. The normalized spacial score (nSPS) is 13.1. The average molecular weight is 530 g/mol. The molecular formula is C22H42N2O2S2Tc-4. The first-order chi connectivity index (χ1) is 13.7. The van der Waals surface area contributed by atoms with Gasteiger partial charge in [0.15, 0.2) is 0 Å². The van der Waals surface area contributed by atoms with E-state index in [4.69, 9.17) is 41.0 Å². The second-order valence-corrected chi connectivity index (χ2v) is 8.43. The molecule has 2 unspecified atom stereocenters. The summed E-state index contributed by atoms with van der Waals surface area (Å²) in [5.41, 5.74) is 0. The summed E-state index contributed by atoms with van der Waals surface area (Å²) in [7, 11) is 0. The molecule has 1 radical (unpaired) electrons. The van der Waals surface area contributed by atoms with Crippen molar-refractivity contribution in [3.63, 3.8) is 0 Å². The number of carboxylic acids is 1. The minimum atomic E-state index is -0.691. The first kappa shape index (κ1) is 31.9. The van der Waals surface area contributed by atoms with Gasteiger partial charge in [0.25, 0.3) is 0 Å². The average Bonchev–Trinajstić information content (AvgIpc) is 2.68. The summed E-state index contributed by atoms with van der Waals surface area (Å²) >= 11 is 10.2. The third kappa shape index (κ3) is 21.7. The van der Waals surface area contributed by atoms with Crippen molar-refractivity contribution in [3.8, 4) is 0 Å². The predicted molar refractivity (Wildman–Crippen MR) is 126 cm³/mol. The topological polar surface area (TPSA) is 65.5 Å². The largest absolute Gasteiger partial charge is 0.794 e. The first-order valence-electron chi connectivity index (χ1n) is 11.4. The molecule has 0 spiro atoms. The van der Waals surface area contributed by atoms with Crippen molar-refractivity contribution < 1.29 is 30.0 Å². The summed E-state index contributed by atoms with van der Waals surface area (Å²) in [6.45, 7) is 3.75. The van der Waals surface area contributed by atoms with Crippen LogP contribution in [0.3, 0.4) is 0 Å². The van der Waals surface area contributed by atoms with Crippen LogP contribution in [-0.4, -0.2) is 47.8 Å². The van der Waals surface area contributed by atoms with E-state index in [1.54, 1.807) is 0 Å². The number of nitrogens with zero attached hydrogens (tertiary/aromatic N) is 2. The summed E-state index contributed by atoms with van der Waals surface area (Å²) in [6.07, 6.45) is 15.5. The molecule has 0 aliphatic carbocycles. The van der Waals surface area contributed by atoms with Gasteiger partial charge in [0.05, 0.1) is 0 Å². The van der Waals surface area contributed by atoms with Gasteiger partial charge in [0.2, 0.25) is 0 Å². The van der Waals surface area contributed by atoms with Crippen molar-refractivity contribution in [3.05, 3.63) is 10.6 Å². The summed E-state index contributed by atoms with van der Waals surface area (Å²) in [4.78, 5) is 10.6. The fraction of sp³-hybridized carbons (Fsp3) is 0.955. The molecule has 0 aliphatic rings. The Morgan fingerprint density at radius 1 is 0.759 bits per heavy atom. The predicted octanol–water partition coefficient (Wildman–Crippen LogP) is 6.13. The summed E-state index contributed by atoms with van der Waals surface area (Å²) in [5, 5.41) is 18.4. The van der Waals surface area contributed by atoms with Gasteiger partial charge in [-0.1, -0.05) is 84.0 Å². The van der Waals surface area contributed by atoms with E-state index in [1.165, 1.54) is 38.5 Å². The molecule has 0 aromatic carbocycles. The molecule has 175 valence electrons. The number of carbonyl (C=O) groups is 1. The van der Waals surface area contributed by atoms with Crippen molar-refractivity contribution in [2.75, 3.05) is 24.6 Å². The molecule has 7 heteroatoms. The number of carboxylic acid groups (broad SMARTS) is 1. The van der Waals surface area contributed by atoms with Gasteiger partial charge in [-0.2, -0.15) is 36.7 Å². The Balaban J connectivity index is 0. The second-order valence-electron chi connectivity index (χ2n) is 7.61. The Hall–Kier alpha value is 0.739. The Morgan fingerprint density at radius 3 is 1.59 bits per heavy atom. The molecule has 2 atom stereocenters. The number of unbranched alkanes of at least 4 members (excludes halogenated alkanes) is 9. The van der Waals surface area contributed by atoms with Crippen molar-refractivity contribution in [2.45, 2.75) is 109 Å². The van der Waals surface area contributed by atoms with E-state index >= 15 is 0 Å². The van der Waals surface area contributed by atoms with Gasteiger partial charge in [-0.15, -0.1) is 0 Å². The van der Waals surface area contributed by atoms with E-state index in [0.717, 1.165) is 58.0 Å². The Kier molecular flexibility index (Phi) is 27.5. The monoisotopic (exact) mass is 529 g/mol. The van der Waals surface area contributed by atoms with E-state index in [2.05, 4.69) is 6.92 Å². The summed E-state index contributed by atoms with van der Waals surface area (Å²) in [6, 6.07) is 0.571. The maximum absolute atomic E-state index is 10.6. The minimum Gasteiger partial charge on any atom is -0.794 e. The third-order valence-corrected chi connectivity index (χ3v) is 5.46. The number of aliphatic carboxylic acids is 1. The molecule has 1 N–H and O–H groups in total. The SMILES string of the molecule is CCCCCCCCC([N-]CC[S-])C(CCCCCCCC(=O)O)[N-]CC[S-].[99Tc]. The van der Waals surface area contributed by atoms with Crippen molar-refractivity contribution in [1.29, 1.82) is 0 Å². The Morgan fingerprint density at radius 2 is 1.17 bits per heavy atom. The van der Waals surface area contributed by atoms with E-state index in [0.29, 0.717) is 17.5 Å². The molecular weight excluding hydrogens is 487 g/mol. The van der Waals surface area contributed by atoms with Crippen LogP contribution in [0.1, 0.15) is 96.8 Å². The zero-order chi connectivity index (χ0) is 20.9.